The number of aryl methyl sites for hydroxylation is 1. The van der Waals surface area contributed by atoms with E-state index < -0.39 is 0 Å². The molecule has 4 heteroatoms. The van der Waals surface area contributed by atoms with Gasteiger partial charge in [0.15, 0.2) is 5.65 Å². The summed E-state index contributed by atoms with van der Waals surface area (Å²) in [6, 6.07) is 3.95. The smallest absolute Gasteiger partial charge is 0.157 e. The molecule has 1 N–H and O–H groups in total. The Hall–Kier alpha value is -1.58. The number of anilines is 1. The van der Waals surface area contributed by atoms with Crippen molar-refractivity contribution in [2.45, 2.75) is 27.2 Å². The van der Waals surface area contributed by atoms with Crippen LogP contribution in [-0.2, 0) is 0 Å². The number of rotatable bonds is 4. The Balaban J connectivity index is 2.25. The Bertz CT molecular complexity index is 475. The number of fused-ring (bicyclic) bond motifs is 1. The summed E-state index contributed by atoms with van der Waals surface area (Å²) >= 11 is 0. The molecule has 0 aliphatic carbocycles. The van der Waals surface area contributed by atoms with Crippen LogP contribution in [0.4, 0.5) is 5.82 Å². The summed E-state index contributed by atoms with van der Waals surface area (Å²) in [5.74, 6) is 1.69. The van der Waals surface area contributed by atoms with Crippen LogP contribution < -0.4 is 5.32 Å². The van der Waals surface area contributed by atoms with E-state index in [1.807, 2.05) is 23.6 Å². The monoisotopic (exact) mass is 218 g/mol. The van der Waals surface area contributed by atoms with Crippen LogP contribution in [0.15, 0.2) is 18.3 Å². The van der Waals surface area contributed by atoms with Gasteiger partial charge in [-0.2, -0.15) is 9.61 Å². The van der Waals surface area contributed by atoms with Crippen LogP contribution in [0.2, 0.25) is 0 Å². The van der Waals surface area contributed by atoms with Crippen LogP contribution in [-0.4, -0.2) is 21.1 Å². The maximum absolute atomic E-state index is 4.40. The van der Waals surface area contributed by atoms with Crippen molar-refractivity contribution >= 4 is 11.5 Å². The number of aromatic nitrogens is 3. The molecule has 0 radical (unpaired) electrons. The Labute approximate surface area is 95.7 Å². The Morgan fingerprint density at radius 2 is 2.31 bits per heavy atom. The number of hydrogen-bond donors (Lipinski definition) is 1. The van der Waals surface area contributed by atoms with Crippen molar-refractivity contribution in [3.8, 4) is 0 Å². The summed E-state index contributed by atoms with van der Waals surface area (Å²) in [6.07, 6.45) is 2.95. The van der Waals surface area contributed by atoms with Crippen molar-refractivity contribution in [1.29, 1.82) is 0 Å². The van der Waals surface area contributed by atoms with Crippen LogP contribution in [0, 0.1) is 12.8 Å². The van der Waals surface area contributed by atoms with Gasteiger partial charge in [0.2, 0.25) is 0 Å². The highest BCUT2D eigenvalue weighted by atomic mass is 15.3. The Morgan fingerprint density at radius 3 is 3.06 bits per heavy atom. The summed E-state index contributed by atoms with van der Waals surface area (Å²) in [7, 11) is 0. The fourth-order valence-corrected chi connectivity index (χ4v) is 1.59. The third-order valence-electron chi connectivity index (χ3n) is 2.82. The van der Waals surface area contributed by atoms with Crippen LogP contribution in [0.1, 0.15) is 26.0 Å². The summed E-state index contributed by atoms with van der Waals surface area (Å²) < 4.78 is 1.84. The molecular weight excluding hydrogens is 200 g/mol. The quantitative estimate of drug-likeness (QED) is 0.857. The molecule has 16 heavy (non-hydrogen) atoms. The lowest BCUT2D eigenvalue weighted by molar-refractivity contribution is 0.591. The molecule has 0 aliphatic rings. The van der Waals surface area contributed by atoms with E-state index in [9.17, 15) is 0 Å². The number of nitrogens with zero attached hydrogens (tertiary/aromatic N) is 3. The second kappa shape index (κ2) is 4.51. The zero-order chi connectivity index (χ0) is 11.5. The normalized spacial score (nSPS) is 12.9. The van der Waals surface area contributed by atoms with Gasteiger partial charge >= 0.3 is 0 Å². The molecule has 0 bridgehead atoms. The van der Waals surface area contributed by atoms with Gasteiger partial charge in [0.05, 0.1) is 6.20 Å². The molecule has 1 unspecified atom stereocenters. The molecule has 0 aliphatic heterocycles. The molecule has 0 fully saturated rings. The van der Waals surface area contributed by atoms with Gasteiger partial charge < -0.3 is 5.32 Å². The molecule has 2 aromatic heterocycles. The number of hydrogen-bond acceptors (Lipinski definition) is 3. The highest BCUT2D eigenvalue weighted by molar-refractivity contribution is 5.48. The minimum Gasteiger partial charge on any atom is -0.370 e. The van der Waals surface area contributed by atoms with E-state index in [0.29, 0.717) is 5.92 Å². The maximum atomic E-state index is 4.40. The van der Waals surface area contributed by atoms with Gasteiger partial charge in [-0.25, -0.2) is 4.98 Å². The molecule has 0 saturated heterocycles. The SMILES string of the molecule is CCC(C)CNc1cc(C)nc2ccnn12. The van der Waals surface area contributed by atoms with E-state index in [1.54, 1.807) is 6.20 Å². The molecule has 0 aromatic carbocycles. The van der Waals surface area contributed by atoms with Crippen LogP contribution in [0.5, 0.6) is 0 Å². The predicted octanol–water partition coefficient (Wildman–Crippen LogP) is 2.50. The minimum atomic E-state index is 0.666. The largest absolute Gasteiger partial charge is 0.370 e. The van der Waals surface area contributed by atoms with E-state index in [2.05, 4.69) is 29.2 Å². The summed E-state index contributed by atoms with van der Waals surface area (Å²) in [6.45, 7) is 7.41. The standard InChI is InChI=1S/C12H18N4/c1-4-9(2)8-13-12-7-10(3)15-11-5-6-14-16(11)12/h5-7,9,13H,4,8H2,1-3H3. The number of nitrogens with one attached hydrogen (secondary N) is 1. The lowest BCUT2D eigenvalue weighted by Crippen LogP contribution is -2.13. The van der Waals surface area contributed by atoms with E-state index in [4.69, 9.17) is 0 Å². The van der Waals surface area contributed by atoms with Gasteiger partial charge in [0, 0.05) is 24.4 Å². The first kappa shape index (κ1) is 10.9. The van der Waals surface area contributed by atoms with Crippen LogP contribution in [0.3, 0.4) is 0 Å². The zero-order valence-electron chi connectivity index (χ0n) is 10.1. The van der Waals surface area contributed by atoms with Gasteiger partial charge in [-0.15, -0.1) is 0 Å². The van der Waals surface area contributed by atoms with Crippen LogP contribution >= 0.6 is 0 Å². The lowest BCUT2D eigenvalue weighted by Gasteiger charge is -2.12. The van der Waals surface area contributed by atoms with E-state index >= 15 is 0 Å². The van der Waals surface area contributed by atoms with Gasteiger partial charge in [0.1, 0.15) is 5.82 Å². The third kappa shape index (κ3) is 2.15. The molecule has 0 amide bonds. The first-order valence-corrected chi connectivity index (χ1v) is 5.76. The predicted molar refractivity (Wildman–Crippen MR) is 65.7 cm³/mol. The fraction of sp³-hybridized carbons (Fsp3) is 0.500. The van der Waals surface area contributed by atoms with Crippen molar-refractivity contribution in [2.75, 3.05) is 11.9 Å². The fourth-order valence-electron chi connectivity index (χ4n) is 1.59. The van der Waals surface area contributed by atoms with Crippen molar-refractivity contribution < 1.29 is 0 Å². The Morgan fingerprint density at radius 1 is 1.50 bits per heavy atom. The Kier molecular flexibility index (Phi) is 3.08. The molecule has 0 saturated carbocycles. The highest BCUT2D eigenvalue weighted by Crippen LogP contribution is 2.12. The molecular formula is C12H18N4. The second-order valence-electron chi connectivity index (χ2n) is 4.28. The molecule has 2 aromatic rings. The van der Waals surface area contributed by atoms with Crippen molar-refractivity contribution in [1.82, 2.24) is 14.6 Å². The molecule has 4 nitrogen and oxygen atoms in total. The molecule has 2 rings (SSSR count). The van der Waals surface area contributed by atoms with Crippen molar-refractivity contribution in [3.05, 3.63) is 24.0 Å². The first-order chi connectivity index (χ1) is 7.70. The highest BCUT2D eigenvalue weighted by Gasteiger charge is 2.05. The molecule has 2 heterocycles. The van der Waals surface area contributed by atoms with Gasteiger partial charge in [-0.1, -0.05) is 20.3 Å². The van der Waals surface area contributed by atoms with Crippen molar-refractivity contribution in [3.63, 3.8) is 0 Å². The van der Waals surface area contributed by atoms with Gasteiger partial charge in [0.25, 0.3) is 0 Å². The third-order valence-corrected chi connectivity index (χ3v) is 2.82. The minimum absolute atomic E-state index is 0.666. The molecule has 0 spiro atoms. The second-order valence-corrected chi connectivity index (χ2v) is 4.28. The summed E-state index contributed by atoms with van der Waals surface area (Å²) in [5.41, 5.74) is 1.91. The van der Waals surface area contributed by atoms with Gasteiger partial charge in [-0.05, 0) is 12.8 Å². The average molecular weight is 218 g/mol. The summed E-state index contributed by atoms with van der Waals surface area (Å²) in [5, 5.41) is 7.68. The topological polar surface area (TPSA) is 42.2 Å². The average Bonchev–Trinajstić information content (AvgIpc) is 2.73. The van der Waals surface area contributed by atoms with E-state index in [1.165, 1.54) is 6.42 Å². The summed E-state index contributed by atoms with van der Waals surface area (Å²) in [4.78, 5) is 4.40. The van der Waals surface area contributed by atoms with Crippen LogP contribution in [0.25, 0.3) is 5.65 Å². The van der Waals surface area contributed by atoms with Crippen molar-refractivity contribution in [2.24, 2.45) is 5.92 Å². The van der Waals surface area contributed by atoms with E-state index in [-0.39, 0.29) is 0 Å². The van der Waals surface area contributed by atoms with Gasteiger partial charge in [-0.3, -0.25) is 0 Å². The first-order valence-electron chi connectivity index (χ1n) is 5.76. The molecule has 1 atom stereocenters. The zero-order valence-corrected chi connectivity index (χ0v) is 10.1. The molecule has 86 valence electrons. The maximum Gasteiger partial charge on any atom is 0.157 e. The lowest BCUT2D eigenvalue weighted by atomic mass is 10.1. The van der Waals surface area contributed by atoms with E-state index in [0.717, 1.165) is 23.7 Å².